The molecule has 2 rings (SSSR count). The highest BCUT2D eigenvalue weighted by Gasteiger charge is 2.30. The minimum atomic E-state index is -1.10. The van der Waals surface area contributed by atoms with Gasteiger partial charge in [0.15, 0.2) is 0 Å². The maximum absolute atomic E-state index is 10.6. The van der Waals surface area contributed by atoms with Crippen LogP contribution >= 0.6 is 18.6 Å². The lowest BCUT2D eigenvalue weighted by molar-refractivity contribution is 0.475. The molecule has 4 heteroatoms. The van der Waals surface area contributed by atoms with Crippen LogP contribution in [0, 0.1) is 0 Å². The molecule has 1 aromatic heterocycles. The molecule has 0 aliphatic rings. The molecule has 0 radical (unpaired) electrons. The average molecular weight is 325 g/mol. The van der Waals surface area contributed by atoms with E-state index in [4.69, 9.17) is 5.11 Å². The van der Waals surface area contributed by atoms with Gasteiger partial charge in [-0.1, -0.05) is 30.3 Å². The van der Waals surface area contributed by atoms with Crippen molar-refractivity contribution in [2.75, 3.05) is 18.5 Å². The fraction of sp³-hybridized carbons (Fsp3) is 0.353. The lowest BCUT2D eigenvalue weighted by Crippen LogP contribution is -2.02. The number of benzene rings is 1. The van der Waals surface area contributed by atoms with Crippen LogP contribution in [0.3, 0.4) is 0 Å². The van der Waals surface area contributed by atoms with E-state index in [0.717, 1.165) is 18.5 Å². The van der Waals surface area contributed by atoms with Gasteiger partial charge in [0.05, 0.1) is 25.7 Å². The minimum absolute atomic E-state index is 0.322. The van der Waals surface area contributed by atoms with Gasteiger partial charge in [-0.25, -0.2) is 0 Å². The van der Waals surface area contributed by atoms with E-state index in [1.54, 1.807) is 35.6 Å². The second-order valence-electron chi connectivity index (χ2n) is 4.40. The van der Waals surface area contributed by atoms with Crippen LogP contribution in [0.4, 0.5) is 0 Å². The zero-order chi connectivity index (χ0) is 16.0. The highest BCUT2D eigenvalue weighted by Crippen LogP contribution is 2.54. The number of carbonyl (C=O) groups excluding carboxylic acids is 1. The first-order chi connectivity index (χ1) is 10.1. The molecule has 116 valence electrons. The van der Waals surface area contributed by atoms with Gasteiger partial charge in [-0.3, -0.25) is 4.79 Å². The molecule has 1 heterocycles. The van der Waals surface area contributed by atoms with Crippen molar-refractivity contribution in [2.45, 2.75) is 20.8 Å². The highest BCUT2D eigenvalue weighted by atomic mass is 32.1. The molecule has 1 aromatic carbocycles. The molecule has 0 bridgehead atoms. The third-order valence-electron chi connectivity index (χ3n) is 3.29. The van der Waals surface area contributed by atoms with Crippen LogP contribution in [-0.4, -0.2) is 29.6 Å². The number of phenolic OH excluding ortho intramolecular Hbond substituents is 1. The van der Waals surface area contributed by atoms with Crippen molar-refractivity contribution in [1.29, 1.82) is 0 Å². The van der Waals surface area contributed by atoms with Crippen molar-refractivity contribution in [1.82, 2.24) is 0 Å². The summed E-state index contributed by atoms with van der Waals surface area (Å²) in [5, 5.41) is 12.7. The van der Waals surface area contributed by atoms with Gasteiger partial charge in [-0.15, -0.1) is 0 Å². The summed E-state index contributed by atoms with van der Waals surface area (Å²) >= 11 is 1.71. The van der Waals surface area contributed by atoms with E-state index in [-0.39, 0.29) is 0 Å². The Morgan fingerprint density at radius 2 is 1.43 bits per heavy atom. The molecular weight excluding hydrogens is 299 g/mol. The summed E-state index contributed by atoms with van der Waals surface area (Å²) in [7, 11) is -1.10. The summed E-state index contributed by atoms with van der Waals surface area (Å²) in [4.78, 5) is 10.6. The molecular formula is C17H26O2PS+. The molecule has 1 N–H and O–H groups in total. The molecule has 2 aromatic rings. The van der Waals surface area contributed by atoms with Crippen LogP contribution in [0.1, 0.15) is 20.8 Å². The Balaban J connectivity index is 0.000000296. The first-order valence-corrected chi connectivity index (χ1v) is 10.5. The Labute approximate surface area is 133 Å². The third-order valence-corrected chi connectivity index (χ3v) is 8.15. The van der Waals surface area contributed by atoms with Crippen molar-refractivity contribution in [2.24, 2.45) is 0 Å². The molecule has 0 saturated heterocycles. The molecule has 0 amide bonds. The molecule has 21 heavy (non-hydrogen) atoms. The molecule has 2 nitrogen and oxygen atoms in total. The van der Waals surface area contributed by atoms with Crippen LogP contribution in [0.2, 0.25) is 0 Å². The van der Waals surface area contributed by atoms with Crippen molar-refractivity contribution in [3.05, 3.63) is 53.2 Å². The lowest BCUT2D eigenvalue weighted by atomic mass is 10.3. The number of phenols is 1. The van der Waals surface area contributed by atoms with E-state index in [9.17, 15) is 4.79 Å². The maximum Gasteiger partial charge on any atom is 0.256 e. The lowest BCUT2D eigenvalue weighted by Gasteiger charge is -2.13. The standard InChI is InChI=1S/C7H16OP.C6H6O.C4H4S/c1-4-9(5-2,6-3)7-8;7-6-4-2-1-3-5-6;1-2-4-5-3-1/h7H,4-6H2,1-3H3;1-5,7H;1-4H/q+1;;. The van der Waals surface area contributed by atoms with Crippen molar-refractivity contribution in [3.63, 3.8) is 0 Å². The van der Waals surface area contributed by atoms with Gasteiger partial charge in [0.25, 0.3) is 6.03 Å². The Hall–Kier alpha value is -1.18. The second-order valence-corrected chi connectivity index (χ2v) is 9.76. The SMILES string of the molecule is CC[P+](C=O)(CC)CC.Oc1ccccc1.c1ccsc1. The van der Waals surface area contributed by atoms with Crippen LogP contribution in [-0.2, 0) is 4.79 Å². The number of thiophene rings is 1. The predicted molar refractivity (Wildman–Crippen MR) is 97.7 cm³/mol. The summed E-state index contributed by atoms with van der Waals surface area (Å²) in [5.41, 5.74) is 0. The smallest absolute Gasteiger partial charge is 0.256 e. The van der Waals surface area contributed by atoms with Gasteiger partial charge in [0.1, 0.15) is 5.75 Å². The van der Waals surface area contributed by atoms with Crippen LogP contribution in [0.25, 0.3) is 0 Å². The quantitative estimate of drug-likeness (QED) is 0.604. The minimum Gasteiger partial charge on any atom is -0.508 e. The summed E-state index contributed by atoms with van der Waals surface area (Å²) in [6, 6.07) is 14.0. The summed E-state index contributed by atoms with van der Waals surface area (Å²) in [5.74, 6) is 0.322. The number of para-hydroxylation sites is 1. The Morgan fingerprint density at radius 1 is 0.952 bits per heavy atom. The summed E-state index contributed by atoms with van der Waals surface area (Å²) < 4.78 is 0. The topological polar surface area (TPSA) is 37.3 Å². The highest BCUT2D eigenvalue weighted by molar-refractivity contribution is 7.88. The zero-order valence-corrected chi connectivity index (χ0v) is 14.8. The molecule has 0 unspecified atom stereocenters. The Bertz CT molecular complexity index is 414. The largest absolute Gasteiger partial charge is 0.508 e. The first-order valence-electron chi connectivity index (χ1n) is 7.17. The molecule has 0 fully saturated rings. The second kappa shape index (κ2) is 12.6. The first kappa shape index (κ1) is 19.8. The van der Waals surface area contributed by atoms with Crippen molar-refractivity contribution >= 4 is 24.6 Å². The molecule has 0 atom stereocenters. The van der Waals surface area contributed by atoms with Crippen molar-refractivity contribution in [3.8, 4) is 5.75 Å². The predicted octanol–water partition coefficient (Wildman–Crippen LogP) is 5.39. The van der Waals surface area contributed by atoms with E-state index in [2.05, 4.69) is 20.8 Å². The van der Waals surface area contributed by atoms with E-state index in [0.29, 0.717) is 5.75 Å². The number of carbonyl (C=O) groups is 1. The van der Waals surface area contributed by atoms with E-state index < -0.39 is 7.26 Å². The van der Waals surface area contributed by atoms with Gasteiger partial charge in [-0.2, -0.15) is 11.3 Å². The van der Waals surface area contributed by atoms with E-state index in [1.807, 2.05) is 29.0 Å². The fourth-order valence-corrected chi connectivity index (χ4v) is 3.79. The molecule has 0 spiro atoms. The van der Waals surface area contributed by atoms with Gasteiger partial charge >= 0.3 is 0 Å². The third kappa shape index (κ3) is 9.38. The van der Waals surface area contributed by atoms with Crippen LogP contribution < -0.4 is 0 Å². The normalized spacial score (nSPS) is 9.67. The molecule has 0 aliphatic heterocycles. The summed E-state index contributed by atoms with van der Waals surface area (Å²) in [6.07, 6.45) is 3.26. The van der Waals surface area contributed by atoms with Crippen molar-refractivity contribution < 1.29 is 9.90 Å². The van der Waals surface area contributed by atoms with Gasteiger partial charge in [-0.05, 0) is 43.7 Å². The molecule has 0 saturated carbocycles. The average Bonchev–Trinajstić information content (AvgIpc) is 3.11. The number of rotatable bonds is 4. The van der Waals surface area contributed by atoms with E-state index in [1.165, 1.54) is 6.03 Å². The van der Waals surface area contributed by atoms with Crippen LogP contribution in [0.5, 0.6) is 5.75 Å². The maximum atomic E-state index is 10.6. The summed E-state index contributed by atoms with van der Waals surface area (Å²) in [6.45, 7) is 6.36. The van der Waals surface area contributed by atoms with Gasteiger partial charge in [0.2, 0.25) is 0 Å². The fourth-order valence-electron chi connectivity index (χ4n) is 1.55. The van der Waals surface area contributed by atoms with Gasteiger partial charge in [0, 0.05) is 0 Å². The zero-order valence-electron chi connectivity index (χ0n) is 13.1. The van der Waals surface area contributed by atoms with E-state index >= 15 is 0 Å². The number of aromatic hydroxyl groups is 1. The molecule has 0 aliphatic carbocycles. The number of hydrogen-bond donors (Lipinski definition) is 1. The Morgan fingerprint density at radius 3 is 1.57 bits per heavy atom. The van der Waals surface area contributed by atoms with Gasteiger partial charge < -0.3 is 5.11 Å². The monoisotopic (exact) mass is 325 g/mol. The number of hydrogen-bond acceptors (Lipinski definition) is 3. The Kier molecular flexibility index (Phi) is 11.8. The van der Waals surface area contributed by atoms with Crippen LogP contribution in [0.15, 0.2) is 53.2 Å².